The van der Waals surface area contributed by atoms with E-state index in [1.54, 1.807) is 16.8 Å². The maximum Gasteiger partial charge on any atom is 0.252 e. The van der Waals surface area contributed by atoms with E-state index in [2.05, 4.69) is 56.9 Å². The lowest BCUT2D eigenvalue weighted by atomic mass is 10.2. The lowest BCUT2D eigenvalue weighted by molar-refractivity contribution is 0.313. The average Bonchev–Trinajstić information content (AvgIpc) is 3.67. The van der Waals surface area contributed by atoms with Gasteiger partial charge in [0.1, 0.15) is 5.65 Å². The Morgan fingerprint density at radius 2 is 1.85 bits per heavy atom. The molecule has 0 unspecified atom stereocenters. The van der Waals surface area contributed by atoms with E-state index in [4.69, 9.17) is 5.73 Å². The first-order valence-corrected chi connectivity index (χ1v) is 11.8. The number of piperazine rings is 1. The Kier molecular flexibility index (Phi) is 5.99. The second-order valence-corrected chi connectivity index (χ2v) is 9.41. The molecule has 1 aliphatic carbocycles. The molecule has 3 aromatic rings. The molecule has 0 amide bonds. The van der Waals surface area contributed by atoms with Crippen LogP contribution in [0.1, 0.15) is 12.8 Å². The third-order valence-electron chi connectivity index (χ3n) is 6.37. The van der Waals surface area contributed by atoms with Crippen LogP contribution in [-0.2, 0) is 6.54 Å². The van der Waals surface area contributed by atoms with Gasteiger partial charge in [-0.1, -0.05) is 0 Å². The molecule has 0 radical (unpaired) electrons. The molecule has 2 aromatic heterocycles. The van der Waals surface area contributed by atoms with Gasteiger partial charge < -0.3 is 20.9 Å². The van der Waals surface area contributed by atoms with E-state index in [-0.39, 0.29) is 5.56 Å². The van der Waals surface area contributed by atoms with E-state index in [0.29, 0.717) is 24.1 Å². The molecular formula is C24H29N7OS. The summed E-state index contributed by atoms with van der Waals surface area (Å²) in [5, 5.41) is 4.05. The Morgan fingerprint density at radius 3 is 2.55 bits per heavy atom. The number of thiol groups is 1. The van der Waals surface area contributed by atoms with Crippen molar-refractivity contribution >= 4 is 41.0 Å². The predicted molar refractivity (Wildman–Crippen MR) is 136 cm³/mol. The summed E-state index contributed by atoms with van der Waals surface area (Å²) >= 11 is 4.58. The molecule has 8 nitrogen and oxygen atoms in total. The zero-order valence-corrected chi connectivity index (χ0v) is 19.6. The Balaban J connectivity index is 1.38. The third-order valence-corrected chi connectivity index (χ3v) is 6.77. The first-order valence-electron chi connectivity index (χ1n) is 11.3. The molecule has 0 atom stereocenters. The van der Waals surface area contributed by atoms with E-state index < -0.39 is 0 Å². The summed E-state index contributed by atoms with van der Waals surface area (Å²) in [4.78, 5) is 27.2. The van der Waals surface area contributed by atoms with Crippen molar-refractivity contribution in [2.24, 2.45) is 11.7 Å². The monoisotopic (exact) mass is 463 g/mol. The molecule has 0 spiro atoms. The number of pyridine rings is 1. The highest BCUT2D eigenvalue weighted by molar-refractivity contribution is 7.84. The minimum Gasteiger partial charge on any atom is -0.401 e. The smallest absolute Gasteiger partial charge is 0.252 e. The van der Waals surface area contributed by atoms with Gasteiger partial charge in [0.05, 0.1) is 6.54 Å². The van der Waals surface area contributed by atoms with Crippen molar-refractivity contribution in [1.29, 1.82) is 0 Å². The second kappa shape index (κ2) is 9.07. The van der Waals surface area contributed by atoms with Crippen LogP contribution in [0.3, 0.4) is 0 Å². The van der Waals surface area contributed by atoms with Gasteiger partial charge in [0.15, 0.2) is 0 Å². The summed E-state index contributed by atoms with van der Waals surface area (Å²) in [5.41, 5.74) is 9.50. The number of allylic oxidation sites excluding steroid dienone is 2. The lowest BCUT2D eigenvalue weighted by Crippen LogP contribution is -2.44. The maximum absolute atomic E-state index is 12.6. The van der Waals surface area contributed by atoms with Gasteiger partial charge in [0, 0.05) is 65.8 Å². The molecule has 0 bridgehead atoms. The molecule has 172 valence electrons. The number of likely N-dealkylation sites (N-methyl/N-ethyl adjacent to an activating group) is 1. The lowest BCUT2D eigenvalue weighted by Gasteiger charge is -2.34. The van der Waals surface area contributed by atoms with Crippen molar-refractivity contribution in [3.8, 4) is 0 Å². The van der Waals surface area contributed by atoms with Crippen molar-refractivity contribution in [3.63, 3.8) is 0 Å². The molecule has 2 fully saturated rings. The molecule has 1 aliphatic heterocycles. The summed E-state index contributed by atoms with van der Waals surface area (Å²) in [6.07, 6.45) is 3.90. The van der Waals surface area contributed by atoms with Crippen LogP contribution in [0.5, 0.6) is 0 Å². The van der Waals surface area contributed by atoms with Gasteiger partial charge in [0.2, 0.25) is 5.95 Å². The van der Waals surface area contributed by atoms with Crippen LogP contribution < -0.4 is 21.5 Å². The largest absolute Gasteiger partial charge is 0.401 e. The Bertz CT molecular complexity index is 1240. The number of nitrogens with two attached hydrogens (primary N) is 1. The Labute approximate surface area is 198 Å². The number of fused-ring (bicyclic) bond motifs is 1. The number of rotatable bonds is 6. The molecular weight excluding hydrogens is 434 g/mol. The highest BCUT2D eigenvalue weighted by Crippen LogP contribution is 2.36. The van der Waals surface area contributed by atoms with Gasteiger partial charge >= 0.3 is 0 Å². The molecule has 9 heteroatoms. The van der Waals surface area contributed by atoms with Crippen LogP contribution in [0.2, 0.25) is 0 Å². The first-order chi connectivity index (χ1) is 16.0. The first kappa shape index (κ1) is 21.8. The fraction of sp³-hybridized carbons (Fsp3) is 0.375. The SMILES string of the molecule is CN1CCN(c2ccc(Nc3ncc4ccc(=O)n(C/C(S)=C(/N)C5CC5)c4n3)cc2)CC1. The average molecular weight is 464 g/mol. The van der Waals surface area contributed by atoms with Gasteiger partial charge in [-0.3, -0.25) is 9.36 Å². The molecule has 3 heterocycles. The molecule has 33 heavy (non-hydrogen) atoms. The van der Waals surface area contributed by atoms with E-state index in [1.807, 2.05) is 12.1 Å². The summed E-state index contributed by atoms with van der Waals surface area (Å²) in [7, 11) is 2.16. The number of nitrogens with zero attached hydrogens (tertiary/aromatic N) is 5. The minimum atomic E-state index is -0.140. The van der Waals surface area contributed by atoms with Gasteiger partial charge in [-0.15, -0.1) is 12.6 Å². The Hall–Kier alpha value is -3.04. The topological polar surface area (TPSA) is 92.3 Å². The fourth-order valence-corrected chi connectivity index (χ4v) is 4.43. The van der Waals surface area contributed by atoms with Crippen LogP contribution in [0.4, 0.5) is 17.3 Å². The van der Waals surface area contributed by atoms with Crippen molar-refractivity contribution in [3.05, 3.63) is 63.6 Å². The number of nitrogens with one attached hydrogen (secondary N) is 1. The van der Waals surface area contributed by atoms with Crippen molar-refractivity contribution in [2.45, 2.75) is 19.4 Å². The zero-order chi connectivity index (χ0) is 22.9. The molecule has 5 rings (SSSR count). The molecule has 1 aromatic carbocycles. The van der Waals surface area contributed by atoms with Crippen molar-refractivity contribution in [2.75, 3.05) is 43.4 Å². The van der Waals surface area contributed by atoms with E-state index in [9.17, 15) is 4.79 Å². The van der Waals surface area contributed by atoms with Gasteiger partial charge in [-0.2, -0.15) is 4.98 Å². The summed E-state index contributed by atoms with van der Waals surface area (Å²) in [5.74, 6) is 0.831. The summed E-state index contributed by atoms with van der Waals surface area (Å²) < 4.78 is 1.61. The van der Waals surface area contributed by atoms with Crippen LogP contribution in [-0.4, -0.2) is 52.7 Å². The van der Waals surface area contributed by atoms with E-state index in [1.165, 1.54) is 11.8 Å². The van der Waals surface area contributed by atoms with E-state index >= 15 is 0 Å². The molecule has 3 N–H and O–H groups in total. The minimum absolute atomic E-state index is 0.140. The molecule has 2 aliphatic rings. The van der Waals surface area contributed by atoms with Gasteiger partial charge in [-0.05, 0) is 56.1 Å². The molecule has 1 saturated heterocycles. The van der Waals surface area contributed by atoms with Crippen LogP contribution in [0.25, 0.3) is 11.0 Å². The highest BCUT2D eigenvalue weighted by atomic mass is 32.1. The molecule has 1 saturated carbocycles. The standard InChI is InChI=1S/C24H29N7OS/c1-29-10-12-30(13-11-29)19-7-5-18(6-8-19)27-24-26-14-17-4-9-21(32)31(23(17)28-24)15-20(33)22(25)16-2-3-16/h4-9,14,16,33H,2-3,10-13,15,25H2,1H3,(H,26,27,28)/b22-20-. The summed E-state index contributed by atoms with van der Waals surface area (Å²) in [6.45, 7) is 4.50. The van der Waals surface area contributed by atoms with Crippen molar-refractivity contribution < 1.29 is 0 Å². The van der Waals surface area contributed by atoms with Gasteiger partial charge in [-0.25, -0.2) is 4.98 Å². The predicted octanol–water partition coefficient (Wildman–Crippen LogP) is 2.80. The van der Waals surface area contributed by atoms with Crippen LogP contribution in [0, 0.1) is 5.92 Å². The highest BCUT2D eigenvalue weighted by Gasteiger charge is 2.26. The number of benzene rings is 1. The maximum atomic E-state index is 12.6. The zero-order valence-electron chi connectivity index (χ0n) is 18.7. The fourth-order valence-electron chi connectivity index (χ4n) is 4.10. The second-order valence-electron chi connectivity index (χ2n) is 8.87. The third kappa shape index (κ3) is 4.84. The van der Waals surface area contributed by atoms with Gasteiger partial charge in [0.25, 0.3) is 5.56 Å². The summed E-state index contributed by atoms with van der Waals surface area (Å²) in [6, 6.07) is 11.6. The number of aromatic nitrogens is 3. The normalized spacial score (nSPS) is 17.8. The Morgan fingerprint density at radius 1 is 1.12 bits per heavy atom. The quantitative estimate of drug-likeness (QED) is 0.484. The van der Waals surface area contributed by atoms with Crippen LogP contribution in [0.15, 0.2) is 58.0 Å². The van der Waals surface area contributed by atoms with Crippen molar-refractivity contribution in [1.82, 2.24) is 19.4 Å². The number of hydrogen-bond acceptors (Lipinski definition) is 8. The van der Waals surface area contributed by atoms with E-state index in [0.717, 1.165) is 60.7 Å². The number of hydrogen-bond donors (Lipinski definition) is 3. The van der Waals surface area contributed by atoms with Crippen LogP contribution >= 0.6 is 12.6 Å². The number of anilines is 3.